The minimum atomic E-state index is -1.33. The highest BCUT2D eigenvalue weighted by molar-refractivity contribution is 7.82. The Morgan fingerprint density at radius 1 is 0.938 bits per heavy atom. The Balaban J connectivity index is 1.50. The van der Waals surface area contributed by atoms with E-state index in [0.29, 0.717) is 25.5 Å². The molecule has 2 heterocycles. The topological polar surface area (TPSA) is 79.0 Å². The largest absolute Gasteiger partial charge is 0.387 e. The number of amidine groups is 1. The van der Waals surface area contributed by atoms with Crippen LogP contribution < -0.4 is 5.73 Å². The van der Waals surface area contributed by atoms with Gasteiger partial charge in [0.15, 0.2) is 0 Å². The molecule has 1 amide bonds. The molecule has 0 radical (unpaired) electrons. The van der Waals surface area contributed by atoms with E-state index >= 15 is 0 Å². The number of nitrogens with zero attached hydrogens (tertiary/aromatic N) is 3. The van der Waals surface area contributed by atoms with Crippen LogP contribution in [0, 0.1) is 11.8 Å². The lowest BCUT2D eigenvalue weighted by Gasteiger charge is -2.41. The Bertz CT molecular complexity index is 958. The predicted molar refractivity (Wildman–Crippen MR) is 128 cm³/mol. The highest BCUT2D eigenvalue weighted by atomic mass is 32.2. The first-order valence-electron chi connectivity index (χ1n) is 11.4. The molecule has 6 nitrogen and oxygen atoms in total. The Hall–Kier alpha value is -2.51. The number of hydrogen-bond donors (Lipinski definition) is 1. The number of aliphatic imine (C=N–C) groups is 1. The molecule has 2 aromatic rings. The third-order valence-corrected chi connectivity index (χ3v) is 8.22. The van der Waals surface area contributed by atoms with Crippen molar-refractivity contribution in [2.45, 2.75) is 36.6 Å². The van der Waals surface area contributed by atoms with Gasteiger partial charge in [0.25, 0.3) is 0 Å². The molecule has 7 heteroatoms. The van der Waals surface area contributed by atoms with Crippen molar-refractivity contribution in [3.8, 4) is 0 Å². The van der Waals surface area contributed by atoms with E-state index in [0.717, 1.165) is 36.1 Å². The maximum atomic E-state index is 13.6. The number of carbonyl (C=O) groups excluding carboxylic acids is 1. The molecule has 0 aromatic heterocycles. The third-order valence-electron chi connectivity index (χ3n) is 6.71. The van der Waals surface area contributed by atoms with Gasteiger partial charge in [-0.25, -0.2) is 8.51 Å². The third kappa shape index (κ3) is 4.94. The number of hydrogen-bond acceptors (Lipinski definition) is 3. The fourth-order valence-corrected chi connectivity index (χ4v) is 6.27. The van der Waals surface area contributed by atoms with Crippen molar-refractivity contribution in [1.29, 1.82) is 0 Å². The molecule has 2 fully saturated rings. The second-order valence-corrected chi connectivity index (χ2v) is 10.0. The van der Waals surface area contributed by atoms with E-state index in [2.05, 4.69) is 17.1 Å². The summed E-state index contributed by atoms with van der Waals surface area (Å²) in [6.07, 6.45) is 3.33. The summed E-state index contributed by atoms with van der Waals surface area (Å²) in [7, 11) is 0.396. The molecule has 32 heavy (non-hydrogen) atoms. The van der Waals surface area contributed by atoms with Crippen LogP contribution in [0.1, 0.15) is 37.3 Å². The zero-order valence-corrected chi connectivity index (χ0v) is 19.4. The van der Waals surface area contributed by atoms with Gasteiger partial charge in [-0.2, -0.15) is 0 Å². The summed E-state index contributed by atoms with van der Waals surface area (Å²) in [4.78, 5) is 20.2. The minimum absolute atomic E-state index is 0.0348. The van der Waals surface area contributed by atoms with E-state index in [-0.39, 0.29) is 23.8 Å². The zero-order chi connectivity index (χ0) is 22.5. The van der Waals surface area contributed by atoms with Crippen molar-refractivity contribution in [2.24, 2.45) is 22.6 Å². The van der Waals surface area contributed by atoms with Crippen molar-refractivity contribution in [2.75, 3.05) is 26.7 Å². The molecule has 2 saturated heterocycles. The number of nitrogens with two attached hydrogens (primary N) is 1. The first-order valence-corrected chi connectivity index (χ1v) is 12.5. The molecule has 3 unspecified atom stereocenters. The SMILES string of the molecule is CN=C(N)C1CCN(C(=O)C2CCC(c3ccccc3)N(S(=O)c3ccccc3)C2)CC1. The van der Waals surface area contributed by atoms with Crippen LogP contribution in [-0.4, -0.2) is 51.8 Å². The highest BCUT2D eigenvalue weighted by Gasteiger charge is 2.38. The quantitative estimate of drug-likeness (QED) is 0.558. The fraction of sp³-hybridized carbons (Fsp3) is 0.440. The molecular weight excluding hydrogens is 420 g/mol. The van der Waals surface area contributed by atoms with Gasteiger partial charge in [-0.3, -0.25) is 9.79 Å². The number of benzene rings is 2. The monoisotopic (exact) mass is 452 g/mol. The van der Waals surface area contributed by atoms with Crippen LogP contribution in [0.25, 0.3) is 0 Å². The molecular formula is C25H32N4O2S. The smallest absolute Gasteiger partial charge is 0.227 e. The number of carbonyl (C=O) groups is 1. The molecule has 0 aliphatic carbocycles. The lowest BCUT2D eigenvalue weighted by atomic mass is 9.89. The van der Waals surface area contributed by atoms with Crippen LogP contribution >= 0.6 is 0 Å². The standard InChI is InChI=1S/C25H32N4O2S/c1-27-24(26)20-14-16-28(17-15-20)25(30)21-12-13-23(19-8-4-2-5-9-19)29(18-21)32(31)22-10-6-3-7-11-22/h2-11,20-21,23H,12-18H2,1H3,(H2,26,27). The first kappa shape index (κ1) is 22.7. The van der Waals surface area contributed by atoms with E-state index in [1.165, 1.54) is 0 Å². The van der Waals surface area contributed by atoms with Crippen molar-refractivity contribution >= 4 is 22.7 Å². The van der Waals surface area contributed by atoms with E-state index in [4.69, 9.17) is 5.73 Å². The predicted octanol–water partition coefficient (Wildman–Crippen LogP) is 3.39. The van der Waals surface area contributed by atoms with Crippen LogP contribution in [0.15, 0.2) is 70.6 Å². The number of likely N-dealkylation sites (tertiary alicyclic amines) is 1. The Kier molecular flexibility index (Phi) is 7.37. The van der Waals surface area contributed by atoms with Crippen molar-refractivity contribution in [1.82, 2.24) is 9.21 Å². The number of amides is 1. The lowest BCUT2D eigenvalue weighted by molar-refractivity contribution is -0.138. The van der Waals surface area contributed by atoms with E-state index in [1.807, 2.05) is 57.7 Å². The van der Waals surface area contributed by atoms with Crippen LogP contribution in [0.4, 0.5) is 0 Å². The maximum Gasteiger partial charge on any atom is 0.227 e. The molecule has 0 spiro atoms. The normalized spacial score (nSPS) is 24.3. The molecule has 2 aliphatic rings. The summed E-state index contributed by atoms with van der Waals surface area (Å²) < 4.78 is 15.6. The molecule has 170 valence electrons. The first-order chi connectivity index (χ1) is 15.6. The van der Waals surface area contributed by atoms with Crippen molar-refractivity contribution < 1.29 is 9.00 Å². The Morgan fingerprint density at radius 3 is 2.19 bits per heavy atom. The van der Waals surface area contributed by atoms with Gasteiger partial charge in [-0.05, 0) is 43.4 Å². The fourth-order valence-electron chi connectivity index (χ4n) is 4.84. The second kappa shape index (κ2) is 10.4. The van der Waals surface area contributed by atoms with E-state index in [9.17, 15) is 9.00 Å². The van der Waals surface area contributed by atoms with Crippen LogP contribution in [0.2, 0.25) is 0 Å². The number of piperidine rings is 2. The Labute approximate surface area is 193 Å². The summed E-state index contributed by atoms with van der Waals surface area (Å²) in [5, 5.41) is 0. The van der Waals surface area contributed by atoms with Crippen LogP contribution in [0.3, 0.4) is 0 Å². The van der Waals surface area contributed by atoms with Crippen molar-refractivity contribution in [3.63, 3.8) is 0 Å². The molecule has 2 aliphatic heterocycles. The molecule has 4 rings (SSSR count). The average molecular weight is 453 g/mol. The lowest BCUT2D eigenvalue weighted by Crippen LogP contribution is -2.49. The van der Waals surface area contributed by atoms with E-state index in [1.54, 1.807) is 7.05 Å². The van der Waals surface area contributed by atoms with Gasteiger partial charge in [0, 0.05) is 38.6 Å². The minimum Gasteiger partial charge on any atom is -0.387 e. The van der Waals surface area contributed by atoms with Gasteiger partial charge in [0.2, 0.25) is 5.91 Å². The van der Waals surface area contributed by atoms with Gasteiger partial charge < -0.3 is 10.6 Å². The van der Waals surface area contributed by atoms with E-state index < -0.39 is 11.0 Å². The second-order valence-electron chi connectivity index (χ2n) is 8.61. The summed E-state index contributed by atoms with van der Waals surface area (Å²) in [6, 6.07) is 19.8. The maximum absolute atomic E-state index is 13.6. The summed E-state index contributed by atoms with van der Waals surface area (Å²) in [5.41, 5.74) is 7.15. The molecule has 2 N–H and O–H groups in total. The van der Waals surface area contributed by atoms with Gasteiger partial charge in [-0.1, -0.05) is 48.5 Å². The van der Waals surface area contributed by atoms with Crippen LogP contribution in [0.5, 0.6) is 0 Å². The molecule has 0 bridgehead atoms. The zero-order valence-electron chi connectivity index (χ0n) is 18.6. The summed E-state index contributed by atoms with van der Waals surface area (Å²) in [5.74, 6) is 0.984. The van der Waals surface area contributed by atoms with Gasteiger partial charge in [0.1, 0.15) is 11.0 Å². The Morgan fingerprint density at radius 2 is 1.56 bits per heavy atom. The summed E-state index contributed by atoms with van der Waals surface area (Å²) >= 11 is 0. The number of rotatable bonds is 5. The van der Waals surface area contributed by atoms with Crippen LogP contribution in [-0.2, 0) is 15.8 Å². The highest BCUT2D eigenvalue weighted by Crippen LogP contribution is 2.37. The average Bonchev–Trinajstić information content (AvgIpc) is 2.88. The van der Waals surface area contributed by atoms with Gasteiger partial charge in [-0.15, -0.1) is 0 Å². The molecule has 3 atom stereocenters. The van der Waals surface area contributed by atoms with Crippen molar-refractivity contribution in [3.05, 3.63) is 66.2 Å². The summed E-state index contributed by atoms with van der Waals surface area (Å²) in [6.45, 7) is 1.92. The van der Waals surface area contributed by atoms with Gasteiger partial charge in [0.05, 0.1) is 16.6 Å². The van der Waals surface area contributed by atoms with Gasteiger partial charge >= 0.3 is 0 Å². The molecule has 0 saturated carbocycles. The molecule has 2 aromatic carbocycles.